The van der Waals surface area contributed by atoms with Crippen molar-refractivity contribution in [3.05, 3.63) is 18.5 Å². The zero-order valence-electron chi connectivity index (χ0n) is 10.7. The number of rotatable bonds is 4. The minimum absolute atomic E-state index is 0.0996. The van der Waals surface area contributed by atoms with E-state index in [0.717, 1.165) is 0 Å². The molecule has 2 rings (SSSR count). The number of amides is 1. The summed E-state index contributed by atoms with van der Waals surface area (Å²) >= 11 is 0. The van der Waals surface area contributed by atoms with E-state index in [1.165, 1.54) is 0 Å². The molecule has 1 aliphatic rings. The van der Waals surface area contributed by atoms with Crippen LogP contribution in [-0.2, 0) is 14.3 Å². The molecule has 2 atom stereocenters. The number of hydrogen-bond acceptors (Lipinski definition) is 4. The Bertz CT molecular complexity index is 446. The number of nitrogens with zero attached hydrogens (tertiary/aromatic N) is 3. The molecule has 7 nitrogen and oxygen atoms in total. The van der Waals surface area contributed by atoms with Gasteiger partial charge in [-0.15, -0.1) is 0 Å². The molecule has 0 bridgehead atoms. The van der Waals surface area contributed by atoms with Crippen LogP contribution in [-0.4, -0.2) is 57.5 Å². The lowest BCUT2D eigenvalue weighted by Crippen LogP contribution is -2.51. The van der Waals surface area contributed by atoms with Crippen molar-refractivity contribution in [2.75, 3.05) is 19.8 Å². The molecule has 1 aliphatic heterocycles. The van der Waals surface area contributed by atoms with Crippen LogP contribution in [0.3, 0.4) is 0 Å². The number of carbonyl (C=O) groups excluding carboxylic acids is 1. The highest BCUT2D eigenvalue weighted by Crippen LogP contribution is 2.16. The highest BCUT2D eigenvalue weighted by Gasteiger charge is 2.32. The maximum atomic E-state index is 12.4. The topological polar surface area (TPSA) is 84.7 Å². The van der Waals surface area contributed by atoms with E-state index in [9.17, 15) is 9.59 Å². The predicted molar refractivity (Wildman–Crippen MR) is 65.5 cm³/mol. The lowest BCUT2D eigenvalue weighted by Gasteiger charge is -2.36. The van der Waals surface area contributed by atoms with Gasteiger partial charge in [-0.2, -0.15) is 5.10 Å². The minimum Gasteiger partial charge on any atom is -0.481 e. The van der Waals surface area contributed by atoms with Gasteiger partial charge in [0.1, 0.15) is 6.04 Å². The first-order chi connectivity index (χ1) is 9.09. The summed E-state index contributed by atoms with van der Waals surface area (Å²) in [5, 5.41) is 12.9. The van der Waals surface area contributed by atoms with E-state index in [1.54, 1.807) is 35.0 Å². The first-order valence-corrected chi connectivity index (χ1v) is 6.18. The number of hydrogen-bond donors (Lipinski definition) is 1. The van der Waals surface area contributed by atoms with Crippen LogP contribution in [0.2, 0.25) is 0 Å². The molecule has 19 heavy (non-hydrogen) atoms. The summed E-state index contributed by atoms with van der Waals surface area (Å²) in [5.41, 5.74) is 0. The van der Waals surface area contributed by atoms with Gasteiger partial charge in [0.15, 0.2) is 0 Å². The quantitative estimate of drug-likeness (QED) is 0.839. The SMILES string of the molecule is CC(C(=O)N1CCOCC1CC(=O)O)n1cccn1. The molecule has 0 radical (unpaired) electrons. The Balaban J connectivity index is 2.08. The molecule has 1 saturated heterocycles. The predicted octanol–water partition coefficient (Wildman–Crippen LogP) is 0.146. The summed E-state index contributed by atoms with van der Waals surface area (Å²) in [4.78, 5) is 24.8. The van der Waals surface area contributed by atoms with Crippen LogP contribution in [0, 0.1) is 0 Å². The van der Waals surface area contributed by atoms with E-state index in [1.807, 2.05) is 0 Å². The van der Waals surface area contributed by atoms with Crippen LogP contribution in [0.1, 0.15) is 19.4 Å². The highest BCUT2D eigenvalue weighted by molar-refractivity contribution is 5.81. The van der Waals surface area contributed by atoms with E-state index in [4.69, 9.17) is 9.84 Å². The summed E-state index contributed by atoms with van der Waals surface area (Å²) in [7, 11) is 0. The summed E-state index contributed by atoms with van der Waals surface area (Å²) in [6, 6.07) is 0.902. The summed E-state index contributed by atoms with van der Waals surface area (Å²) in [5.74, 6) is -1.06. The van der Waals surface area contributed by atoms with Crippen molar-refractivity contribution in [2.45, 2.75) is 25.4 Å². The lowest BCUT2D eigenvalue weighted by molar-refractivity contribution is -0.148. The smallest absolute Gasteiger partial charge is 0.305 e. The second-order valence-corrected chi connectivity index (χ2v) is 4.52. The molecule has 104 valence electrons. The Hall–Kier alpha value is -1.89. The van der Waals surface area contributed by atoms with Crippen molar-refractivity contribution in [1.82, 2.24) is 14.7 Å². The molecular weight excluding hydrogens is 250 g/mol. The fraction of sp³-hybridized carbons (Fsp3) is 0.583. The average molecular weight is 267 g/mol. The Labute approximate surface area is 110 Å². The molecule has 2 unspecified atom stereocenters. The van der Waals surface area contributed by atoms with E-state index < -0.39 is 18.1 Å². The van der Waals surface area contributed by atoms with Gasteiger partial charge in [-0.05, 0) is 13.0 Å². The summed E-state index contributed by atoms with van der Waals surface area (Å²) in [6.07, 6.45) is 3.23. The van der Waals surface area contributed by atoms with E-state index in [0.29, 0.717) is 13.2 Å². The molecule has 0 saturated carbocycles. The van der Waals surface area contributed by atoms with Crippen LogP contribution < -0.4 is 0 Å². The highest BCUT2D eigenvalue weighted by atomic mass is 16.5. The lowest BCUT2D eigenvalue weighted by atomic mass is 10.1. The molecule has 1 N–H and O–H groups in total. The van der Waals surface area contributed by atoms with Crippen molar-refractivity contribution in [2.24, 2.45) is 0 Å². The maximum absolute atomic E-state index is 12.4. The Kier molecular flexibility index (Phi) is 4.16. The van der Waals surface area contributed by atoms with Crippen LogP contribution in [0.5, 0.6) is 0 Å². The molecule has 1 aromatic rings. The monoisotopic (exact) mass is 267 g/mol. The van der Waals surface area contributed by atoms with Crippen molar-refractivity contribution < 1.29 is 19.4 Å². The van der Waals surface area contributed by atoms with E-state index in [2.05, 4.69) is 5.10 Å². The Morgan fingerprint density at radius 1 is 1.58 bits per heavy atom. The molecule has 1 fully saturated rings. The number of carboxylic acid groups (broad SMARTS) is 1. The average Bonchev–Trinajstić information content (AvgIpc) is 2.91. The van der Waals surface area contributed by atoms with Gasteiger partial charge in [-0.25, -0.2) is 0 Å². The maximum Gasteiger partial charge on any atom is 0.305 e. The van der Waals surface area contributed by atoms with Crippen molar-refractivity contribution in [1.29, 1.82) is 0 Å². The number of aliphatic carboxylic acids is 1. The Morgan fingerprint density at radius 2 is 2.37 bits per heavy atom. The van der Waals surface area contributed by atoms with Gasteiger partial charge in [0.2, 0.25) is 5.91 Å². The van der Waals surface area contributed by atoms with Gasteiger partial charge < -0.3 is 14.7 Å². The number of carboxylic acids is 1. The first-order valence-electron chi connectivity index (χ1n) is 6.18. The number of carbonyl (C=O) groups is 2. The third-order valence-electron chi connectivity index (χ3n) is 3.20. The van der Waals surface area contributed by atoms with E-state index in [-0.39, 0.29) is 18.9 Å². The van der Waals surface area contributed by atoms with Crippen molar-refractivity contribution in [3.8, 4) is 0 Å². The second-order valence-electron chi connectivity index (χ2n) is 4.52. The van der Waals surface area contributed by atoms with Crippen molar-refractivity contribution >= 4 is 11.9 Å². The molecule has 0 spiro atoms. The fourth-order valence-electron chi connectivity index (χ4n) is 2.18. The second kappa shape index (κ2) is 5.83. The molecule has 1 aromatic heterocycles. The largest absolute Gasteiger partial charge is 0.481 e. The Morgan fingerprint density at radius 3 is 3.00 bits per heavy atom. The standard InChI is InChI=1S/C12H17N3O4/c1-9(15-4-2-3-13-15)12(18)14-5-6-19-8-10(14)7-11(16)17/h2-4,9-10H,5-8H2,1H3,(H,16,17). The van der Waals surface area contributed by atoms with Crippen molar-refractivity contribution in [3.63, 3.8) is 0 Å². The number of aromatic nitrogens is 2. The van der Waals surface area contributed by atoms with Gasteiger partial charge in [-0.1, -0.05) is 0 Å². The molecule has 0 aromatic carbocycles. The number of morpholine rings is 1. The van der Waals surface area contributed by atoms with Crippen LogP contribution in [0.4, 0.5) is 0 Å². The molecule has 0 aliphatic carbocycles. The molecule has 1 amide bonds. The zero-order chi connectivity index (χ0) is 13.8. The van der Waals surface area contributed by atoms with Crippen LogP contribution in [0.15, 0.2) is 18.5 Å². The van der Waals surface area contributed by atoms with Gasteiger partial charge in [0.25, 0.3) is 0 Å². The number of ether oxygens (including phenoxy) is 1. The van der Waals surface area contributed by atoms with Gasteiger partial charge >= 0.3 is 5.97 Å². The summed E-state index contributed by atoms with van der Waals surface area (Å²) < 4.78 is 6.82. The van der Waals surface area contributed by atoms with Gasteiger partial charge in [0.05, 0.1) is 25.7 Å². The third-order valence-corrected chi connectivity index (χ3v) is 3.20. The molecule has 7 heteroatoms. The zero-order valence-corrected chi connectivity index (χ0v) is 10.7. The fourth-order valence-corrected chi connectivity index (χ4v) is 2.18. The normalized spacial score (nSPS) is 21.1. The minimum atomic E-state index is -0.931. The third kappa shape index (κ3) is 3.11. The van der Waals surface area contributed by atoms with Crippen LogP contribution >= 0.6 is 0 Å². The van der Waals surface area contributed by atoms with Crippen LogP contribution in [0.25, 0.3) is 0 Å². The van der Waals surface area contributed by atoms with E-state index >= 15 is 0 Å². The molecule has 2 heterocycles. The molecular formula is C12H17N3O4. The summed E-state index contributed by atoms with van der Waals surface area (Å²) in [6.45, 7) is 2.88. The van der Waals surface area contributed by atoms with Gasteiger partial charge in [-0.3, -0.25) is 14.3 Å². The van der Waals surface area contributed by atoms with Gasteiger partial charge in [0, 0.05) is 18.9 Å². The first kappa shape index (κ1) is 13.5.